The second-order valence-electron chi connectivity index (χ2n) is 4.77. The van der Waals surface area contributed by atoms with E-state index in [-0.39, 0.29) is 11.6 Å². The fourth-order valence-corrected chi connectivity index (χ4v) is 2.17. The van der Waals surface area contributed by atoms with Crippen molar-refractivity contribution in [3.8, 4) is 0 Å². The topological polar surface area (TPSA) is 83.7 Å². The van der Waals surface area contributed by atoms with Gasteiger partial charge in [0.05, 0.1) is 11.0 Å². The van der Waals surface area contributed by atoms with Gasteiger partial charge in [0.15, 0.2) is 0 Å². The monoisotopic (exact) mass is 276 g/mol. The van der Waals surface area contributed by atoms with Crippen LogP contribution in [0.4, 0.5) is 5.69 Å². The molecule has 0 aromatic heterocycles. The summed E-state index contributed by atoms with van der Waals surface area (Å²) in [6, 6.07) is 6.09. The van der Waals surface area contributed by atoms with Crippen LogP contribution in [0, 0.1) is 10.1 Å². The number of hydrogen-bond donors (Lipinski definition) is 1. The van der Waals surface area contributed by atoms with Crippen LogP contribution in [0.15, 0.2) is 30.3 Å². The minimum absolute atomic E-state index is 0.00649. The van der Waals surface area contributed by atoms with E-state index >= 15 is 0 Å². The highest BCUT2D eigenvalue weighted by Gasteiger charge is 2.20. The molecule has 2 rings (SSSR count). The number of carbonyl (C=O) groups is 1. The van der Waals surface area contributed by atoms with Gasteiger partial charge in [0.2, 0.25) is 5.91 Å². The number of hydrogen-bond acceptors (Lipinski definition) is 4. The van der Waals surface area contributed by atoms with Crippen LogP contribution in [0.1, 0.15) is 18.4 Å². The summed E-state index contributed by atoms with van der Waals surface area (Å²) in [7, 11) is 0. The van der Waals surface area contributed by atoms with E-state index < -0.39 is 11.0 Å². The molecule has 1 N–H and O–H groups in total. The molecule has 0 saturated carbocycles. The molecule has 1 aliphatic rings. The Morgan fingerprint density at radius 1 is 1.50 bits per heavy atom. The fourth-order valence-electron chi connectivity index (χ4n) is 2.17. The molecule has 1 heterocycles. The summed E-state index contributed by atoms with van der Waals surface area (Å²) in [6.45, 7) is 0.979. The first-order valence-corrected chi connectivity index (χ1v) is 6.46. The largest absolute Gasteiger partial charge is 0.391 e. The minimum Gasteiger partial charge on any atom is -0.391 e. The Balaban J connectivity index is 2.03. The van der Waals surface area contributed by atoms with E-state index in [9.17, 15) is 20.0 Å². The third-order valence-electron chi connectivity index (χ3n) is 3.21. The van der Waals surface area contributed by atoms with E-state index in [1.807, 2.05) is 0 Å². The van der Waals surface area contributed by atoms with Crippen molar-refractivity contribution in [3.05, 3.63) is 46.0 Å². The van der Waals surface area contributed by atoms with Crippen LogP contribution in [0.5, 0.6) is 0 Å². The van der Waals surface area contributed by atoms with Gasteiger partial charge in [0, 0.05) is 31.3 Å². The van der Waals surface area contributed by atoms with Crippen LogP contribution in [-0.4, -0.2) is 40.0 Å². The lowest BCUT2D eigenvalue weighted by Gasteiger charge is -2.29. The summed E-state index contributed by atoms with van der Waals surface area (Å²) in [6.07, 6.45) is 3.99. The smallest absolute Gasteiger partial charge is 0.270 e. The first-order chi connectivity index (χ1) is 9.56. The molecule has 1 amide bonds. The standard InChI is InChI=1S/C14H16N2O4/c17-13-5-2-8-15(10-13)14(18)7-6-11-3-1-4-12(9-11)16(19)20/h1,3-4,6-7,9,13,17H,2,5,8,10H2/b7-6+/t13-/m0/s1. The lowest BCUT2D eigenvalue weighted by Crippen LogP contribution is -2.41. The highest BCUT2D eigenvalue weighted by Crippen LogP contribution is 2.15. The second-order valence-corrected chi connectivity index (χ2v) is 4.77. The maximum absolute atomic E-state index is 11.9. The molecular weight excluding hydrogens is 260 g/mol. The van der Waals surface area contributed by atoms with Crippen molar-refractivity contribution < 1.29 is 14.8 Å². The van der Waals surface area contributed by atoms with Crippen molar-refractivity contribution in [2.24, 2.45) is 0 Å². The van der Waals surface area contributed by atoms with Crippen molar-refractivity contribution in [2.45, 2.75) is 18.9 Å². The molecule has 6 heteroatoms. The molecule has 106 valence electrons. The Morgan fingerprint density at radius 3 is 3.00 bits per heavy atom. The number of nitrogens with zero attached hydrogens (tertiary/aromatic N) is 2. The van der Waals surface area contributed by atoms with Gasteiger partial charge in [-0.1, -0.05) is 12.1 Å². The minimum atomic E-state index is -0.472. The number of nitro groups is 1. The normalized spacial score (nSPS) is 19.2. The van der Waals surface area contributed by atoms with E-state index in [4.69, 9.17) is 0 Å². The molecule has 1 aromatic rings. The number of benzene rings is 1. The fraction of sp³-hybridized carbons (Fsp3) is 0.357. The van der Waals surface area contributed by atoms with Gasteiger partial charge >= 0.3 is 0 Å². The number of β-amino-alcohol motifs (C(OH)–C–C–N with tert-alkyl or cyclic N) is 1. The summed E-state index contributed by atoms with van der Waals surface area (Å²) in [5.41, 5.74) is 0.595. The first-order valence-electron chi connectivity index (χ1n) is 6.46. The van der Waals surface area contributed by atoms with Gasteiger partial charge in [-0.2, -0.15) is 0 Å². The summed E-state index contributed by atoms with van der Waals surface area (Å²) in [5.74, 6) is -0.185. The molecular formula is C14H16N2O4. The van der Waals surface area contributed by atoms with Crippen LogP contribution in [0.2, 0.25) is 0 Å². The first kappa shape index (κ1) is 14.2. The molecule has 0 unspecified atom stereocenters. The number of likely N-dealkylation sites (tertiary alicyclic amines) is 1. The van der Waals surface area contributed by atoms with E-state index in [1.54, 1.807) is 23.1 Å². The van der Waals surface area contributed by atoms with Crippen molar-refractivity contribution >= 4 is 17.7 Å². The van der Waals surface area contributed by atoms with Gasteiger partial charge in [-0.15, -0.1) is 0 Å². The Bertz CT molecular complexity index is 542. The molecule has 20 heavy (non-hydrogen) atoms. The quantitative estimate of drug-likeness (QED) is 0.516. The van der Waals surface area contributed by atoms with Crippen LogP contribution < -0.4 is 0 Å². The third kappa shape index (κ3) is 3.64. The molecule has 1 fully saturated rings. The van der Waals surface area contributed by atoms with Gasteiger partial charge in [-0.3, -0.25) is 14.9 Å². The Morgan fingerprint density at radius 2 is 2.30 bits per heavy atom. The number of carbonyl (C=O) groups excluding carboxylic acids is 1. The highest BCUT2D eigenvalue weighted by atomic mass is 16.6. The molecule has 0 aliphatic carbocycles. The molecule has 1 aliphatic heterocycles. The molecule has 0 bridgehead atoms. The number of aliphatic hydroxyl groups is 1. The lowest BCUT2D eigenvalue weighted by atomic mass is 10.1. The van der Waals surface area contributed by atoms with Crippen LogP contribution in [0.3, 0.4) is 0 Å². The zero-order chi connectivity index (χ0) is 14.5. The van der Waals surface area contributed by atoms with E-state index in [2.05, 4.69) is 0 Å². The third-order valence-corrected chi connectivity index (χ3v) is 3.21. The van der Waals surface area contributed by atoms with Crippen LogP contribution >= 0.6 is 0 Å². The number of amides is 1. The molecule has 1 aromatic carbocycles. The van der Waals surface area contributed by atoms with Gasteiger partial charge in [0.25, 0.3) is 5.69 Å². The predicted molar refractivity (Wildman–Crippen MR) is 74.0 cm³/mol. The van der Waals surface area contributed by atoms with Crippen molar-refractivity contribution in [3.63, 3.8) is 0 Å². The summed E-state index contributed by atoms with van der Waals surface area (Å²) in [5, 5.41) is 20.2. The van der Waals surface area contributed by atoms with Gasteiger partial charge in [-0.05, 0) is 24.5 Å². The lowest BCUT2D eigenvalue weighted by molar-refractivity contribution is -0.384. The zero-order valence-electron chi connectivity index (χ0n) is 10.9. The Labute approximate surface area is 116 Å². The Hall–Kier alpha value is -2.21. The summed E-state index contributed by atoms with van der Waals surface area (Å²) in [4.78, 5) is 23.7. The number of nitro benzene ring substituents is 1. The van der Waals surface area contributed by atoms with Gasteiger partial charge in [0.1, 0.15) is 0 Å². The molecule has 1 saturated heterocycles. The second kappa shape index (κ2) is 6.29. The molecule has 6 nitrogen and oxygen atoms in total. The number of aliphatic hydroxyl groups excluding tert-OH is 1. The zero-order valence-corrected chi connectivity index (χ0v) is 10.9. The van der Waals surface area contributed by atoms with Gasteiger partial charge < -0.3 is 10.0 Å². The van der Waals surface area contributed by atoms with E-state index in [1.165, 1.54) is 18.2 Å². The van der Waals surface area contributed by atoms with E-state index in [0.29, 0.717) is 18.7 Å². The average Bonchev–Trinajstić information content (AvgIpc) is 2.45. The predicted octanol–water partition coefficient (Wildman–Crippen LogP) is 1.59. The van der Waals surface area contributed by atoms with Crippen LogP contribution in [-0.2, 0) is 4.79 Å². The van der Waals surface area contributed by atoms with Crippen LogP contribution in [0.25, 0.3) is 6.08 Å². The summed E-state index contributed by atoms with van der Waals surface area (Å²) >= 11 is 0. The van der Waals surface area contributed by atoms with Crippen molar-refractivity contribution in [1.82, 2.24) is 4.90 Å². The molecule has 0 spiro atoms. The highest BCUT2D eigenvalue weighted by molar-refractivity contribution is 5.91. The van der Waals surface area contributed by atoms with Crippen molar-refractivity contribution in [1.29, 1.82) is 0 Å². The molecule has 0 radical (unpaired) electrons. The number of non-ortho nitro benzene ring substituents is 1. The number of piperidine rings is 1. The molecule has 1 atom stereocenters. The van der Waals surface area contributed by atoms with E-state index in [0.717, 1.165) is 12.8 Å². The maximum atomic E-state index is 11.9. The van der Waals surface area contributed by atoms with Gasteiger partial charge in [-0.25, -0.2) is 0 Å². The SMILES string of the molecule is O=C(/C=C/c1cccc([N+](=O)[O-])c1)N1CCC[C@H](O)C1. The maximum Gasteiger partial charge on any atom is 0.270 e. The number of rotatable bonds is 3. The summed E-state index contributed by atoms with van der Waals surface area (Å²) < 4.78 is 0. The average molecular weight is 276 g/mol. The Kier molecular flexibility index (Phi) is 4.47. The van der Waals surface area contributed by atoms with Crippen molar-refractivity contribution in [2.75, 3.05) is 13.1 Å².